The molecule has 24 heavy (non-hydrogen) atoms. The summed E-state index contributed by atoms with van der Waals surface area (Å²) in [5.41, 5.74) is 0.814. The van der Waals surface area contributed by atoms with Crippen LogP contribution in [-0.4, -0.2) is 27.5 Å². The first-order valence-corrected chi connectivity index (χ1v) is 8.98. The molecular weight excluding hydrogens is 349 g/mol. The number of benzene rings is 1. The van der Waals surface area contributed by atoms with Crippen LogP contribution in [-0.2, 0) is 21.8 Å². The van der Waals surface area contributed by atoms with Crippen LogP contribution in [0.2, 0.25) is 10.0 Å². The van der Waals surface area contributed by atoms with E-state index in [1.165, 1.54) is 6.33 Å². The number of aromatic nitrogens is 3. The summed E-state index contributed by atoms with van der Waals surface area (Å²) in [6.07, 6.45) is 6.92. The molecular formula is C17H21Cl2N3O2. The van der Waals surface area contributed by atoms with Crippen LogP contribution in [0.5, 0.6) is 0 Å². The molecule has 130 valence electrons. The summed E-state index contributed by atoms with van der Waals surface area (Å²) in [5, 5.41) is 5.31. The van der Waals surface area contributed by atoms with Crippen molar-refractivity contribution in [3.63, 3.8) is 0 Å². The smallest absolute Gasteiger partial charge is 0.198 e. The second-order valence-corrected chi connectivity index (χ2v) is 6.79. The van der Waals surface area contributed by atoms with E-state index in [0.717, 1.165) is 24.8 Å². The highest BCUT2D eigenvalue weighted by atomic mass is 35.5. The first kappa shape index (κ1) is 17.7. The van der Waals surface area contributed by atoms with E-state index in [1.54, 1.807) is 17.1 Å². The first-order chi connectivity index (χ1) is 11.6. The fourth-order valence-corrected chi connectivity index (χ4v) is 3.61. The summed E-state index contributed by atoms with van der Waals surface area (Å²) in [6.45, 7) is 3.42. The molecule has 1 aliphatic heterocycles. The average molecular weight is 370 g/mol. The second-order valence-electron chi connectivity index (χ2n) is 5.95. The molecule has 0 aliphatic carbocycles. The number of aryl methyl sites for hydroxylation is 1. The van der Waals surface area contributed by atoms with Crippen LogP contribution in [0.15, 0.2) is 30.9 Å². The van der Waals surface area contributed by atoms with Gasteiger partial charge in [-0.15, -0.1) is 0 Å². The van der Waals surface area contributed by atoms with E-state index >= 15 is 0 Å². The Morgan fingerprint density at radius 3 is 2.96 bits per heavy atom. The Labute approximate surface area is 151 Å². The number of rotatable bonds is 6. The summed E-state index contributed by atoms with van der Waals surface area (Å²) < 4.78 is 14.3. The lowest BCUT2D eigenvalue weighted by molar-refractivity contribution is -0.308. The molecule has 2 unspecified atom stereocenters. The number of hydrogen-bond donors (Lipinski definition) is 0. The number of hydrogen-bond acceptors (Lipinski definition) is 4. The Morgan fingerprint density at radius 1 is 1.38 bits per heavy atom. The van der Waals surface area contributed by atoms with Crippen LogP contribution in [0.4, 0.5) is 0 Å². The minimum atomic E-state index is -0.883. The van der Waals surface area contributed by atoms with Crippen molar-refractivity contribution < 1.29 is 9.47 Å². The minimum Gasteiger partial charge on any atom is -0.346 e. The molecule has 1 saturated heterocycles. The molecule has 0 spiro atoms. The Kier molecular flexibility index (Phi) is 5.76. The molecule has 2 atom stereocenters. The van der Waals surface area contributed by atoms with Gasteiger partial charge in [-0.3, -0.25) is 4.68 Å². The Bertz CT molecular complexity index is 664. The second kappa shape index (κ2) is 7.83. The molecule has 1 aromatic carbocycles. The van der Waals surface area contributed by atoms with Crippen LogP contribution in [0.3, 0.4) is 0 Å². The third kappa shape index (κ3) is 3.91. The zero-order chi connectivity index (χ0) is 17.0. The predicted molar refractivity (Wildman–Crippen MR) is 93.1 cm³/mol. The van der Waals surface area contributed by atoms with Gasteiger partial charge in [-0.2, -0.15) is 5.10 Å². The summed E-state index contributed by atoms with van der Waals surface area (Å²) in [6, 6.07) is 5.43. The molecule has 0 radical (unpaired) electrons. The quantitative estimate of drug-likeness (QED) is 0.755. The molecule has 7 heteroatoms. The Balaban J connectivity index is 1.90. The van der Waals surface area contributed by atoms with E-state index in [9.17, 15) is 0 Å². The highest BCUT2D eigenvalue weighted by Crippen LogP contribution is 2.41. The SMILES string of the molecule is CCCC1CCOC(CCn2cncn2)(c2ccc(Cl)cc2Cl)O1. The zero-order valence-corrected chi connectivity index (χ0v) is 15.1. The number of ether oxygens (including phenoxy) is 2. The van der Waals surface area contributed by atoms with Crippen molar-refractivity contribution in [1.82, 2.24) is 14.8 Å². The van der Waals surface area contributed by atoms with Gasteiger partial charge in [0.2, 0.25) is 0 Å². The third-order valence-corrected chi connectivity index (χ3v) is 4.77. The molecule has 3 rings (SSSR count). The normalized spacial score (nSPS) is 24.2. The maximum absolute atomic E-state index is 6.46. The fourth-order valence-electron chi connectivity index (χ4n) is 3.06. The van der Waals surface area contributed by atoms with Gasteiger partial charge in [-0.05, 0) is 25.0 Å². The maximum Gasteiger partial charge on any atom is 0.198 e. The lowest BCUT2D eigenvalue weighted by Gasteiger charge is -2.42. The van der Waals surface area contributed by atoms with Gasteiger partial charge in [0.15, 0.2) is 5.79 Å². The van der Waals surface area contributed by atoms with Crippen LogP contribution < -0.4 is 0 Å². The van der Waals surface area contributed by atoms with Gasteiger partial charge in [0.05, 0.1) is 17.7 Å². The lowest BCUT2D eigenvalue weighted by atomic mass is 9.99. The van der Waals surface area contributed by atoms with Gasteiger partial charge in [0.25, 0.3) is 0 Å². The van der Waals surface area contributed by atoms with Gasteiger partial charge in [-0.1, -0.05) is 42.6 Å². The van der Waals surface area contributed by atoms with Gasteiger partial charge in [0.1, 0.15) is 12.7 Å². The third-order valence-electron chi connectivity index (χ3n) is 4.22. The number of nitrogens with zero attached hydrogens (tertiary/aromatic N) is 3. The molecule has 0 amide bonds. The number of halogens is 2. The maximum atomic E-state index is 6.46. The lowest BCUT2D eigenvalue weighted by Crippen LogP contribution is -2.43. The monoisotopic (exact) mass is 369 g/mol. The molecule has 0 saturated carbocycles. The molecule has 1 aromatic heterocycles. The van der Waals surface area contributed by atoms with Crippen LogP contribution >= 0.6 is 23.2 Å². The Hall–Kier alpha value is -1.14. The van der Waals surface area contributed by atoms with E-state index in [-0.39, 0.29) is 6.10 Å². The topological polar surface area (TPSA) is 49.2 Å². The molecule has 2 aromatic rings. The highest BCUT2D eigenvalue weighted by Gasteiger charge is 2.41. The standard InChI is InChI=1S/C17H21Cl2N3O2/c1-2-3-14-6-9-23-17(24-14,7-8-22-12-20-11-21-22)15-5-4-13(18)10-16(15)19/h4-5,10-12,14H,2-3,6-9H2,1H3. The molecule has 0 bridgehead atoms. The highest BCUT2D eigenvalue weighted by molar-refractivity contribution is 6.35. The summed E-state index contributed by atoms with van der Waals surface area (Å²) >= 11 is 12.5. The molecule has 0 N–H and O–H groups in total. The molecule has 1 fully saturated rings. The Morgan fingerprint density at radius 2 is 2.25 bits per heavy atom. The van der Waals surface area contributed by atoms with Crippen molar-refractivity contribution in [3.8, 4) is 0 Å². The van der Waals surface area contributed by atoms with E-state index in [0.29, 0.717) is 29.6 Å². The molecule has 1 aliphatic rings. The summed E-state index contributed by atoms with van der Waals surface area (Å²) in [5.74, 6) is -0.883. The van der Waals surface area contributed by atoms with Gasteiger partial charge in [0, 0.05) is 23.6 Å². The average Bonchev–Trinajstić information content (AvgIpc) is 3.07. The fraction of sp³-hybridized carbons (Fsp3) is 0.529. The van der Waals surface area contributed by atoms with Crippen LogP contribution in [0.1, 0.15) is 38.2 Å². The largest absolute Gasteiger partial charge is 0.346 e. The summed E-state index contributed by atoms with van der Waals surface area (Å²) in [4.78, 5) is 3.98. The van der Waals surface area contributed by atoms with Gasteiger partial charge < -0.3 is 9.47 Å². The van der Waals surface area contributed by atoms with Gasteiger partial charge in [-0.25, -0.2) is 4.98 Å². The van der Waals surface area contributed by atoms with E-state index in [4.69, 9.17) is 32.7 Å². The van der Waals surface area contributed by atoms with Crippen molar-refractivity contribution in [1.29, 1.82) is 0 Å². The van der Waals surface area contributed by atoms with Gasteiger partial charge >= 0.3 is 0 Å². The minimum absolute atomic E-state index is 0.159. The van der Waals surface area contributed by atoms with Crippen LogP contribution in [0, 0.1) is 0 Å². The van der Waals surface area contributed by atoms with E-state index < -0.39 is 5.79 Å². The van der Waals surface area contributed by atoms with Crippen molar-refractivity contribution >= 4 is 23.2 Å². The van der Waals surface area contributed by atoms with Crippen molar-refractivity contribution in [2.24, 2.45) is 0 Å². The molecule has 5 nitrogen and oxygen atoms in total. The molecule has 2 heterocycles. The van der Waals surface area contributed by atoms with Crippen molar-refractivity contribution in [2.75, 3.05) is 6.61 Å². The van der Waals surface area contributed by atoms with Crippen molar-refractivity contribution in [3.05, 3.63) is 46.5 Å². The zero-order valence-electron chi connectivity index (χ0n) is 13.6. The van der Waals surface area contributed by atoms with E-state index in [1.807, 2.05) is 12.1 Å². The van der Waals surface area contributed by atoms with Crippen molar-refractivity contribution in [2.45, 2.75) is 51.0 Å². The van der Waals surface area contributed by atoms with E-state index in [2.05, 4.69) is 17.0 Å². The first-order valence-electron chi connectivity index (χ1n) is 8.22. The summed E-state index contributed by atoms with van der Waals surface area (Å²) in [7, 11) is 0. The predicted octanol–water partition coefficient (Wildman–Crippen LogP) is 4.43. The van der Waals surface area contributed by atoms with Crippen LogP contribution in [0.25, 0.3) is 0 Å².